The maximum absolute atomic E-state index is 11.2. The molecular weight excluding hydrogens is 230 g/mol. The number of carboxylic acid groups (broad SMARTS) is 1. The van der Waals surface area contributed by atoms with Gasteiger partial charge in [-0.3, -0.25) is 0 Å². The van der Waals surface area contributed by atoms with Gasteiger partial charge >= 0.3 is 5.97 Å². The van der Waals surface area contributed by atoms with Gasteiger partial charge < -0.3 is 10.4 Å². The SMILES string of the molecule is CC(C)c1ncc(NC2CCCC2)c(C(=O)O)n1. The highest BCUT2D eigenvalue weighted by molar-refractivity contribution is 5.91. The van der Waals surface area contributed by atoms with E-state index in [-0.39, 0.29) is 11.6 Å². The van der Waals surface area contributed by atoms with E-state index < -0.39 is 5.97 Å². The van der Waals surface area contributed by atoms with E-state index in [1.54, 1.807) is 6.20 Å². The van der Waals surface area contributed by atoms with Gasteiger partial charge in [-0.05, 0) is 12.8 Å². The Balaban J connectivity index is 2.25. The highest BCUT2D eigenvalue weighted by Crippen LogP contribution is 2.24. The number of rotatable bonds is 4. The van der Waals surface area contributed by atoms with Crippen molar-refractivity contribution in [2.24, 2.45) is 0 Å². The van der Waals surface area contributed by atoms with Crippen molar-refractivity contribution < 1.29 is 9.90 Å². The van der Waals surface area contributed by atoms with Gasteiger partial charge in [0.1, 0.15) is 5.82 Å². The van der Waals surface area contributed by atoms with Crippen LogP contribution in [-0.4, -0.2) is 27.1 Å². The van der Waals surface area contributed by atoms with E-state index >= 15 is 0 Å². The lowest BCUT2D eigenvalue weighted by atomic mass is 10.2. The predicted octanol–water partition coefficient (Wildman–Crippen LogP) is 2.65. The summed E-state index contributed by atoms with van der Waals surface area (Å²) in [6.07, 6.45) is 6.18. The summed E-state index contributed by atoms with van der Waals surface area (Å²) in [6.45, 7) is 3.90. The van der Waals surface area contributed by atoms with E-state index in [0.717, 1.165) is 12.8 Å². The lowest BCUT2D eigenvalue weighted by Crippen LogP contribution is -2.19. The predicted molar refractivity (Wildman–Crippen MR) is 69.0 cm³/mol. The van der Waals surface area contributed by atoms with Gasteiger partial charge in [-0.15, -0.1) is 0 Å². The van der Waals surface area contributed by atoms with E-state index in [9.17, 15) is 9.90 Å². The minimum atomic E-state index is -1.00. The Bertz CT molecular complexity index is 440. The van der Waals surface area contributed by atoms with Gasteiger partial charge in [0.15, 0.2) is 5.69 Å². The van der Waals surface area contributed by atoms with Crippen LogP contribution in [0.2, 0.25) is 0 Å². The number of nitrogens with zero attached hydrogens (tertiary/aromatic N) is 2. The zero-order valence-electron chi connectivity index (χ0n) is 10.8. The Morgan fingerprint density at radius 2 is 2.11 bits per heavy atom. The van der Waals surface area contributed by atoms with Crippen LogP contribution in [0.15, 0.2) is 6.20 Å². The van der Waals surface area contributed by atoms with Crippen LogP contribution >= 0.6 is 0 Å². The van der Waals surface area contributed by atoms with Crippen LogP contribution in [0.1, 0.15) is 61.8 Å². The van der Waals surface area contributed by atoms with Gasteiger partial charge in [0.2, 0.25) is 0 Å². The highest BCUT2D eigenvalue weighted by atomic mass is 16.4. The maximum Gasteiger partial charge on any atom is 0.356 e. The van der Waals surface area contributed by atoms with Gasteiger partial charge in [0.25, 0.3) is 0 Å². The summed E-state index contributed by atoms with van der Waals surface area (Å²) in [7, 11) is 0. The average molecular weight is 249 g/mol. The molecule has 1 aromatic rings. The Hall–Kier alpha value is -1.65. The fourth-order valence-electron chi connectivity index (χ4n) is 2.23. The number of anilines is 1. The molecule has 0 aromatic carbocycles. The molecule has 1 saturated carbocycles. The van der Waals surface area contributed by atoms with Crippen LogP contribution in [0.25, 0.3) is 0 Å². The van der Waals surface area contributed by atoms with Crippen molar-refractivity contribution in [2.45, 2.75) is 51.5 Å². The molecule has 0 atom stereocenters. The molecule has 0 radical (unpaired) electrons. The molecule has 0 aliphatic heterocycles. The Morgan fingerprint density at radius 1 is 1.44 bits per heavy atom. The van der Waals surface area contributed by atoms with Crippen molar-refractivity contribution >= 4 is 11.7 Å². The minimum absolute atomic E-state index is 0.0839. The molecule has 1 fully saturated rings. The van der Waals surface area contributed by atoms with Crippen LogP contribution in [0.5, 0.6) is 0 Å². The first-order valence-corrected chi connectivity index (χ1v) is 6.44. The molecule has 2 rings (SSSR count). The number of carbonyl (C=O) groups is 1. The summed E-state index contributed by atoms with van der Waals surface area (Å²) < 4.78 is 0. The third kappa shape index (κ3) is 2.78. The molecule has 1 aliphatic carbocycles. The van der Waals surface area contributed by atoms with Crippen molar-refractivity contribution in [1.29, 1.82) is 0 Å². The topological polar surface area (TPSA) is 75.1 Å². The summed E-state index contributed by atoms with van der Waals surface area (Å²) in [4.78, 5) is 19.6. The lowest BCUT2D eigenvalue weighted by Gasteiger charge is -2.15. The second-order valence-corrected chi connectivity index (χ2v) is 5.08. The summed E-state index contributed by atoms with van der Waals surface area (Å²) in [5.41, 5.74) is 0.624. The first kappa shape index (κ1) is 12.8. The molecule has 0 unspecified atom stereocenters. The first-order valence-electron chi connectivity index (χ1n) is 6.44. The monoisotopic (exact) mass is 249 g/mol. The number of aromatic nitrogens is 2. The molecule has 2 N–H and O–H groups in total. The molecule has 1 aromatic heterocycles. The van der Waals surface area contributed by atoms with Gasteiger partial charge in [-0.2, -0.15) is 0 Å². The van der Waals surface area contributed by atoms with Crippen LogP contribution in [0.3, 0.4) is 0 Å². The molecule has 0 saturated heterocycles. The van der Waals surface area contributed by atoms with Crippen LogP contribution in [-0.2, 0) is 0 Å². The Kier molecular flexibility index (Phi) is 3.79. The number of hydrogen-bond acceptors (Lipinski definition) is 4. The fourth-order valence-corrected chi connectivity index (χ4v) is 2.23. The molecule has 18 heavy (non-hydrogen) atoms. The van der Waals surface area contributed by atoms with E-state index in [0.29, 0.717) is 17.6 Å². The Labute approximate surface area is 107 Å². The lowest BCUT2D eigenvalue weighted by molar-refractivity contribution is 0.0691. The van der Waals surface area contributed by atoms with E-state index in [1.807, 2.05) is 13.8 Å². The van der Waals surface area contributed by atoms with Crippen molar-refractivity contribution in [3.05, 3.63) is 17.7 Å². The van der Waals surface area contributed by atoms with Gasteiger partial charge in [0, 0.05) is 12.0 Å². The van der Waals surface area contributed by atoms with Crippen LogP contribution < -0.4 is 5.32 Å². The fraction of sp³-hybridized carbons (Fsp3) is 0.615. The molecule has 5 heteroatoms. The molecule has 5 nitrogen and oxygen atoms in total. The van der Waals surface area contributed by atoms with Crippen LogP contribution in [0.4, 0.5) is 5.69 Å². The zero-order chi connectivity index (χ0) is 13.1. The smallest absolute Gasteiger partial charge is 0.356 e. The molecule has 0 bridgehead atoms. The van der Waals surface area contributed by atoms with E-state index in [1.165, 1.54) is 12.8 Å². The van der Waals surface area contributed by atoms with Crippen molar-refractivity contribution in [3.63, 3.8) is 0 Å². The van der Waals surface area contributed by atoms with Crippen molar-refractivity contribution in [3.8, 4) is 0 Å². The third-order valence-electron chi connectivity index (χ3n) is 3.24. The molecule has 0 spiro atoms. The average Bonchev–Trinajstić information content (AvgIpc) is 2.81. The van der Waals surface area contributed by atoms with Crippen molar-refractivity contribution in [1.82, 2.24) is 9.97 Å². The van der Waals surface area contributed by atoms with Crippen LogP contribution in [0, 0.1) is 0 Å². The summed E-state index contributed by atoms with van der Waals surface area (Å²) in [5, 5.41) is 12.5. The largest absolute Gasteiger partial charge is 0.476 e. The molecule has 1 heterocycles. The number of nitrogens with one attached hydrogen (secondary N) is 1. The number of hydrogen-bond donors (Lipinski definition) is 2. The second kappa shape index (κ2) is 5.33. The molecule has 98 valence electrons. The first-order chi connectivity index (χ1) is 8.58. The summed E-state index contributed by atoms with van der Waals surface area (Å²) >= 11 is 0. The molecule has 1 aliphatic rings. The minimum Gasteiger partial charge on any atom is -0.476 e. The van der Waals surface area contributed by atoms with Crippen molar-refractivity contribution in [2.75, 3.05) is 5.32 Å². The normalized spacial score (nSPS) is 16.2. The van der Waals surface area contributed by atoms with Gasteiger partial charge in [0.05, 0.1) is 11.9 Å². The summed E-state index contributed by atoms with van der Waals surface area (Å²) in [5.74, 6) is -0.298. The maximum atomic E-state index is 11.2. The standard InChI is InChI=1S/C13H19N3O2/c1-8(2)12-14-7-10(11(16-12)13(17)18)15-9-5-3-4-6-9/h7-9,15H,3-6H2,1-2H3,(H,17,18). The Morgan fingerprint density at radius 3 is 2.67 bits per heavy atom. The summed E-state index contributed by atoms with van der Waals surface area (Å²) in [6, 6.07) is 0.358. The van der Waals surface area contributed by atoms with E-state index in [2.05, 4.69) is 15.3 Å². The zero-order valence-corrected chi connectivity index (χ0v) is 10.8. The third-order valence-corrected chi connectivity index (χ3v) is 3.24. The highest BCUT2D eigenvalue weighted by Gasteiger charge is 2.20. The second-order valence-electron chi connectivity index (χ2n) is 5.08. The van der Waals surface area contributed by atoms with Gasteiger partial charge in [-0.1, -0.05) is 26.7 Å². The quantitative estimate of drug-likeness (QED) is 0.858. The van der Waals surface area contributed by atoms with Gasteiger partial charge in [-0.25, -0.2) is 14.8 Å². The molecular formula is C13H19N3O2. The van der Waals surface area contributed by atoms with E-state index in [4.69, 9.17) is 0 Å². The molecule has 0 amide bonds. The number of aromatic carboxylic acids is 1. The number of carboxylic acids is 1.